The molecule has 1 aliphatic heterocycles. The predicted octanol–water partition coefficient (Wildman–Crippen LogP) is -1.43. The van der Waals surface area contributed by atoms with Crippen molar-refractivity contribution in [1.82, 2.24) is 5.32 Å². The number of nitrogens with zero attached hydrogens (tertiary/aromatic N) is 3. The van der Waals surface area contributed by atoms with Crippen LogP contribution < -0.4 is 5.32 Å². The van der Waals surface area contributed by atoms with Crippen molar-refractivity contribution in [3.05, 3.63) is 10.4 Å². The lowest BCUT2D eigenvalue weighted by molar-refractivity contribution is -0.296. The molecule has 180 valence electrons. The van der Waals surface area contributed by atoms with E-state index in [2.05, 4.69) is 14.8 Å². The summed E-state index contributed by atoms with van der Waals surface area (Å²) in [4.78, 5) is 49.2. The Hall–Kier alpha value is -3.07. The van der Waals surface area contributed by atoms with Crippen LogP contribution in [0.2, 0.25) is 0 Å². The summed E-state index contributed by atoms with van der Waals surface area (Å²) >= 11 is 0. The second-order valence-corrected chi connectivity index (χ2v) is 6.50. The number of aliphatic hydroxyl groups is 2. The van der Waals surface area contributed by atoms with Crippen LogP contribution in [0.4, 0.5) is 8.78 Å². The molecule has 5 unspecified atom stereocenters. The molecule has 0 saturated carbocycles. The molecule has 1 fully saturated rings. The van der Waals surface area contributed by atoms with Crippen LogP contribution in [0, 0.1) is 0 Å². The minimum Gasteiger partial charge on any atom is -0.465 e. The number of carbonyl (C=O) groups is 4. The minimum absolute atomic E-state index is 0.702. The molecule has 0 spiro atoms. The Bertz CT molecular complexity index is 780. The maximum atomic E-state index is 15.2. The minimum atomic E-state index is -3.93. The monoisotopic (exact) mass is 468 g/mol. The molecule has 3 N–H and O–H groups in total. The normalized spacial score (nSPS) is 29.0. The molecule has 0 aliphatic carbocycles. The highest BCUT2D eigenvalue weighted by Gasteiger charge is 2.64. The van der Waals surface area contributed by atoms with Gasteiger partial charge in [-0.1, -0.05) is 5.11 Å². The molecule has 0 aromatic carbocycles. The number of halogens is 2. The molecular weight excluding hydrogens is 446 g/mol. The van der Waals surface area contributed by atoms with Crippen molar-refractivity contribution in [1.29, 1.82) is 0 Å². The summed E-state index contributed by atoms with van der Waals surface area (Å²) in [5.74, 6) is -8.97. The van der Waals surface area contributed by atoms with E-state index in [-0.39, 0.29) is 0 Å². The van der Waals surface area contributed by atoms with E-state index in [0.29, 0.717) is 7.11 Å². The van der Waals surface area contributed by atoms with Crippen molar-refractivity contribution in [2.75, 3.05) is 20.3 Å². The Morgan fingerprint density at radius 3 is 2.34 bits per heavy atom. The van der Waals surface area contributed by atoms with Crippen molar-refractivity contribution in [2.45, 2.75) is 56.3 Å². The first-order chi connectivity index (χ1) is 14.9. The highest BCUT2D eigenvalue weighted by Crippen LogP contribution is 2.37. The lowest BCUT2D eigenvalue weighted by atomic mass is 9.87. The third-order valence-corrected chi connectivity index (χ3v) is 4.24. The van der Waals surface area contributed by atoms with Gasteiger partial charge in [0, 0.05) is 18.8 Å². The quantitative estimate of drug-likeness (QED) is 0.118. The SMILES string of the molecule is COC(=O)C1(F)OC([C@H](OC(C)=O)[C@@H](CO)OC(C)=O)C(NC(=O)CN=[N+]=[N-])C(O)C1F. The fraction of sp³-hybridized carbons (Fsp3) is 0.750. The average Bonchev–Trinajstić information content (AvgIpc) is 2.73. The summed E-state index contributed by atoms with van der Waals surface area (Å²) in [5, 5.41) is 24.9. The first-order valence-corrected chi connectivity index (χ1v) is 8.95. The molecule has 7 atom stereocenters. The van der Waals surface area contributed by atoms with E-state index >= 15 is 4.39 Å². The average molecular weight is 468 g/mol. The molecule has 0 bridgehead atoms. The summed E-state index contributed by atoms with van der Waals surface area (Å²) in [6.45, 7) is -0.0461. The number of ether oxygens (including phenoxy) is 4. The first-order valence-electron chi connectivity index (χ1n) is 8.95. The van der Waals surface area contributed by atoms with Gasteiger partial charge < -0.3 is 34.5 Å². The standard InChI is InChI=1S/C16H22F2N4O10/c1-6(24)30-8(5-23)12(31-7(2)25)13-10(21-9(26)4-20-22-19)11(27)14(17)16(18,32-13)15(28)29-3/h8,10-14,23,27H,4-5H2,1-3H3,(H,21,26)/t8-,10?,11?,12-,13?,14?,16?/m1/s1. The number of nitrogens with one attached hydrogen (secondary N) is 1. The molecule has 32 heavy (non-hydrogen) atoms. The van der Waals surface area contributed by atoms with Crippen LogP contribution in [0.5, 0.6) is 0 Å². The molecular formula is C16H22F2N4O10. The van der Waals surface area contributed by atoms with E-state index in [1.165, 1.54) is 0 Å². The van der Waals surface area contributed by atoms with Crippen LogP contribution in [0.25, 0.3) is 10.4 Å². The smallest absolute Gasteiger partial charge is 0.375 e. The second kappa shape index (κ2) is 11.5. The third kappa shape index (κ3) is 6.23. The van der Waals surface area contributed by atoms with Gasteiger partial charge in [-0.3, -0.25) is 14.4 Å². The molecule has 16 heteroatoms. The van der Waals surface area contributed by atoms with Gasteiger partial charge in [0.15, 0.2) is 18.4 Å². The highest BCUT2D eigenvalue weighted by molar-refractivity contribution is 5.80. The number of azide groups is 1. The van der Waals surface area contributed by atoms with Gasteiger partial charge in [0.2, 0.25) is 5.91 Å². The molecule has 1 rings (SSSR count). The maximum Gasteiger partial charge on any atom is 0.375 e. The van der Waals surface area contributed by atoms with E-state index in [1.807, 2.05) is 5.32 Å². The van der Waals surface area contributed by atoms with Gasteiger partial charge in [-0.15, -0.1) is 0 Å². The van der Waals surface area contributed by atoms with Gasteiger partial charge in [-0.25, -0.2) is 9.18 Å². The zero-order valence-electron chi connectivity index (χ0n) is 17.1. The summed E-state index contributed by atoms with van der Waals surface area (Å²) < 4.78 is 48.7. The number of rotatable bonds is 9. The number of aliphatic hydroxyl groups excluding tert-OH is 2. The fourth-order valence-electron chi connectivity index (χ4n) is 2.97. The molecule has 1 heterocycles. The highest BCUT2D eigenvalue weighted by atomic mass is 19.2. The number of carbonyl (C=O) groups excluding carboxylic acids is 4. The largest absolute Gasteiger partial charge is 0.465 e. The van der Waals surface area contributed by atoms with Gasteiger partial charge in [0.25, 0.3) is 0 Å². The molecule has 14 nitrogen and oxygen atoms in total. The lowest BCUT2D eigenvalue weighted by Gasteiger charge is -2.46. The van der Waals surface area contributed by atoms with Crippen molar-refractivity contribution < 1.29 is 57.1 Å². The van der Waals surface area contributed by atoms with Crippen LogP contribution in [-0.4, -0.2) is 96.8 Å². The Morgan fingerprint density at radius 2 is 1.88 bits per heavy atom. The fourth-order valence-corrected chi connectivity index (χ4v) is 2.97. The molecule has 0 radical (unpaired) electrons. The van der Waals surface area contributed by atoms with Crippen molar-refractivity contribution in [3.63, 3.8) is 0 Å². The van der Waals surface area contributed by atoms with Gasteiger partial charge in [-0.05, 0) is 5.53 Å². The topological polar surface area (TPSA) is 206 Å². The van der Waals surface area contributed by atoms with Crippen molar-refractivity contribution in [2.24, 2.45) is 5.11 Å². The number of amides is 1. The Balaban J connectivity index is 3.53. The van der Waals surface area contributed by atoms with Gasteiger partial charge in [-0.2, -0.15) is 4.39 Å². The van der Waals surface area contributed by atoms with Gasteiger partial charge >= 0.3 is 23.8 Å². The van der Waals surface area contributed by atoms with E-state index in [0.717, 1.165) is 13.8 Å². The van der Waals surface area contributed by atoms with Crippen LogP contribution in [0.15, 0.2) is 5.11 Å². The Morgan fingerprint density at radius 1 is 1.28 bits per heavy atom. The predicted molar refractivity (Wildman–Crippen MR) is 95.8 cm³/mol. The van der Waals surface area contributed by atoms with Crippen molar-refractivity contribution >= 4 is 23.8 Å². The number of alkyl halides is 2. The van der Waals surface area contributed by atoms with Crippen LogP contribution >= 0.6 is 0 Å². The molecule has 1 saturated heterocycles. The number of hydrogen-bond donors (Lipinski definition) is 3. The number of esters is 3. The zero-order valence-corrected chi connectivity index (χ0v) is 17.1. The maximum absolute atomic E-state index is 15.2. The Kier molecular flexibility index (Phi) is 9.71. The summed E-state index contributed by atoms with van der Waals surface area (Å²) in [6.07, 6.45) is -11.4. The van der Waals surface area contributed by atoms with E-state index < -0.39 is 79.5 Å². The number of hydrogen-bond acceptors (Lipinski definition) is 11. The first kappa shape index (κ1) is 27.0. The zero-order chi connectivity index (χ0) is 24.6. The summed E-state index contributed by atoms with van der Waals surface area (Å²) in [6, 6.07) is -1.94. The van der Waals surface area contributed by atoms with Crippen LogP contribution in [0.3, 0.4) is 0 Å². The van der Waals surface area contributed by atoms with Crippen LogP contribution in [0.1, 0.15) is 13.8 Å². The summed E-state index contributed by atoms with van der Waals surface area (Å²) in [5.41, 5.74) is 8.31. The molecule has 0 aromatic rings. The van der Waals surface area contributed by atoms with Gasteiger partial charge in [0.1, 0.15) is 18.8 Å². The van der Waals surface area contributed by atoms with Gasteiger partial charge in [0.05, 0.1) is 19.8 Å². The van der Waals surface area contributed by atoms with E-state index in [4.69, 9.17) is 19.7 Å². The van der Waals surface area contributed by atoms with E-state index in [9.17, 15) is 33.8 Å². The second-order valence-electron chi connectivity index (χ2n) is 6.50. The van der Waals surface area contributed by atoms with Crippen LogP contribution in [-0.2, 0) is 38.1 Å². The van der Waals surface area contributed by atoms with Crippen molar-refractivity contribution in [3.8, 4) is 0 Å². The summed E-state index contributed by atoms with van der Waals surface area (Å²) in [7, 11) is 0.702. The molecule has 0 aromatic heterocycles. The van der Waals surface area contributed by atoms with E-state index in [1.54, 1.807) is 0 Å². The molecule has 1 amide bonds. The Labute approximate surface area is 179 Å². The number of methoxy groups -OCH3 is 1. The third-order valence-electron chi connectivity index (χ3n) is 4.24. The molecule has 1 aliphatic rings. The lowest BCUT2D eigenvalue weighted by Crippen LogP contribution is -2.72.